The first-order valence-corrected chi connectivity index (χ1v) is 12.1. The number of rotatable bonds is 5. The number of hydrogen-bond acceptors (Lipinski definition) is 5. The Labute approximate surface area is 180 Å². The fourth-order valence-corrected chi connectivity index (χ4v) is 5.70. The highest BCUT2D eigenvalue weighted by Gasteiger charge is 2.22. The van der Waals surface area contributed by atoms with Crippen LogP contribution in [0.15, 0.2) is 59.5 Å². The molecule has 4 rings (SSSR count). The number of carbonyl (C=O) groups excluding carboxylic acids is 1. The topological polar surface area (TPSA) is 79.4 Å². The molecule has 30 heavy (non-hydrogen) atoms. The second kappa shape index (κ2) is 8.57. The number of benzene rings is 2. The molecule has 0 radical (unpaired) electrons. The Hall–Kier alpha value is -2.71. The fraction of sp³-hybridized carbons (Fsp3) is 0.273. The molecule has 8 heteroatoms. The first-order valence-electron chi connectivity index (χ1n) is 9.89. The lowest BCUT2D eigenvalue weighted by Crippen LogP contribution is -2.26. The zero-order valence-electron chi connectivity index (χ0n) is 16.7. The molecule has 1 aliphatic carbocycles. The van der Waals surface area contributed by atoms with Crippen LogP contribution in [-0.2, 0) is 22.9 Å². The van der Waals surface area contributed by atoms with Crippen molar-refractivity contribution in [3.63, 3.8) is 0 Å². The van der Waals surface area contributed by atoms with Gasteiger partial charge in [0.05, 0.1) is 16.3 Å². The third-order valence-electron chi connectivity index (χ3n) is 5.21. The lowest BCUT2D eigenvalue weighted by Gasteiger charge is -2.19. The molecule has 1 N–H and O–H groups in total. The van der Waals surface area contributed by atoms with Gasteiger partial charge in [-0.15, -0.1) is 11.3 Å². The Kier molecular flexibility index (Phi) is 5.87. The summed E-state index contributed by atoms with van der Waals surface area (Å²) in [5.41, 5.74) is 2.06. The number of thiazole rings is 1. The minimum absolute atomic E-state index is 0.131. The summed E-state index contributed by atoms with van der Waals surface area (Å²) in [5, 5.41) is 3.46. The maximum Gasteiger partial charge on any atom is 0.264 e. The van der Waals surface area contributed by atoms with E-state index in [1.807, 2.05) is 6.07 Å². The smallest absolute Gasteiger partial charge is 0.264 e. The van der Waals surface area contributed by atoms with Gasteiger partial charge in [0.2, 0.25) is 0 Å². The Balaban J connectivity index is 1.48. The van der Waals surface area contributed by atoms with Crippen molar-refractivity contribution in [2.75, 3.05) is 16.7 Å². The molecule has 0 unspecified atom stereocenters. The van der Waals surface area contributed by atoms with Crippen LogP contribution in [0.1, 0.15) is 40.2 Å². The molecule has 0 bridgehead atoms. The van der Waals surface area contributed by atoms with Gasteiger partial charge in [0.25, 0.3) is 15.9 Å². The second-order valence-electron chi connectivity index (χ2n) is 7.24. The number of nitrogens with zero attached hydrogens (tertiary/aromatic N) is 2. The van der Waals surface area contributed by atoms with Gasteiger partial charge in [-0.1, -0.05) is 24.6 Å². The quantitative estimate of drug-likeness (QED) is 0.592. The zero-order chi connectivity index (χ0) is 21.1. The highest BCUT2D eigenvalue weighted by Crippen LogP contribution is 2.29. The fourth-order valence-electron chi connectivity index (χ4n) is 3.46. The summed E-state index contributed by atoms with van der Waals surface area (Å²) in [5.74, 6) is -0.292. The van der Waals surface area contributed by atoms with E-state index in [1.54, 1.807) is 24.3 Å². The van der Waals surface area contributed by atoms with Gasteiger partial charge in [-0.3, -0.25) is 14.4 Å². The van der Waals surface area contributed by atoms with E-state index in [1.165, 1.54) is 58.3 Å². The molecule has 2 aromatic carbocycles. The zero-order valence-corrected chi connectivity index (χ0v) is 18.3. The van der Waals surface area contributed by atoms with E-state index in [9.17, 15) is 13.2 Å². The predicted molar refractivity (Wildman–Crippen MR) is 120 cm³/mol. The molecule has 0 atom stereocenters. The number of fused-ring (bicyclic) bond motifs is 1. The molecule has 0 fully saturated rings. The molecular weight excluding hydrogens is 418 g/mol. The highest BCUT2D eigenvalue weighted by molar-refractivity contribution is 7.92. The molecule has 0 saturated carbocycles. The van der Waals surface area contributed by atoms with Crippen molar-refractivity contribution in [3.05, 3.63) is 70.7 Å². The average Bonchev–Trinajstić information content (AvgIpc) is 3.01. The van der Waals surface area contributed by atoms with Gasteiger partial charge in [0, 0.05) is 17.5 Å². The summed E-state index contributed by atoms with van der Waals surface area (Å²) >= 11 is 1.53. The number of aryl methyl sites for hydroxylation is 2. The van der Waals surface area contributed by atoms with Gasteiger partial charge in [-0.25, -0.2) is 13.4 Å². The van der Waals surface area contributed by atoms with Crippen molar-refractivity contribution in [1.29, 1.82) is 0 Å². The monoisotopic (exact) mass is 441 g/mol. The van der Waals surface area contributed by atoms with Crippen LogP contribution >= 0.6 is 11.3 Å². The summed E-state index contributed by atoms with van der Waals surface area (Å²) in [6.45, 7) is 0. The summed E-state index contributed by atoms with van der Waals surface area (Å²) in [4.78, 5) is 18.6. The first-order chi connectivity index (χ1) is 14.4. The van der Waals surface area contributed by atoms with Crippen LogP contribution in [0.2, 0.25) is 0 Å². The molecule has 156 valence electrons. The Morgan fingerprint density at radius 3 is 2.43 bits per heavy atom. The first kappa shape index (κ1) is 20.6. The second-order valence-corrected chi connectivity index (χ2v) is 10.3. The van der Waals surface area contributed by atoms with Crippen molar-refractivity contribution in [2.45, 2.75) is 37.0 Å². The predicted octanol–water partition coefficient (Wildman–Crippen LogP) is 4.49. The third-order valence-corrected chi connectivity index (χ3v) is 8.08. The average molecular weight is 442 g/mol. The summed E-state index contributed by atoms with van der Waals surface area (Å²) in [6.07, 6.45) is 5.50. The van der Waals surface area contributed by atoms with Gasteiger partial charge in [-0.2, -0.15) is 0 Å². The van der Waals surface area contributed by atoms with E-state index in [0.717, 1.165) is 31.4 Å². The van der Waals surface area contributed by atoms with Crippen LogP contribution in [0.3, 0.4) is 0 Å². The minimum atomic E-state index is -3.71. The molecule has 0 spiro atoms. The molecule has 1 heterocycles. The van der Waals surface area contributed by atoms with Crippen molar-refractivity contribution in [3.8, 4) is 0 Å². The lowest BCUT2D eigenvalue weighted by molar-refractivity contribution is 0.102. The molecule has 6 nitrogen and oxygen atoms in total. The Bertz CT molecular complexity index is 1120. The number of anilines is 2. The molecular formula is C22H23N3O3S2. The molecule has 0 saturated heterocycles. The van der Waals surface area contributed by atoms with E-state index in [-0.39, 0.29) is 10.8 Å². The van der Waals surface area contributed by atoms with Crippen LogP contribution < -0.4 is 9.62 Å². The molecule has 0 aliphatic heterocycles. The van der Waals surface area contributed by atoms with Gasteiger partial charge in [-0.05, 0) is 62.1 Å². The van der Waals surface area contributed by atoms with Crippen molar-refractivity contribution in [1.82, 2.24) is 4.98 Å². The molecule has 1 aromatic heterocycles. The van der Waals surface area contributed by atoms with Gasteiger partial charge >= 0.3 is 0 Å². The van der Waals surface area contributed by atoms with Gasteiger partial charge in [0.1, 0.15) is 0 Å². The maximum atomic E-state index is 12.9. The van der Waals surface area contributed by atoms with Gasteiger partial charge < -0.3 is 0 Å². The molecule has 1 aliphatic rings. The van der Waals surface area contributed by atoms with Crippen molar-refractivity contribution >= 4 is 38.1 Å². The van der Waals surface area contributed by atoms with E-state index in [4.69, 9.17) is 0 Å². The third kappa shape index (κ3) is 4.24. The number of amides is 1. The Morgan fingerprint density at radius 2 is 1.70 bits per heavy atom. The summed E-state index contributed by atoms with van der Waals surface area (Å²) < 4.78 is 27.0. The van der Waals surface area contributed by atoms with E-state index < -0.39 is 10.0 Å². The number of sulfonamides is 1. The SMILES string of the molecule is CN(c1ccccc1)S(=O)(=O)c1ccc(C(=O)Nc2nc3c(s2)CCCCC3)cc1. The standard InChI is InChI=1S/C22H23N3O3S2/c1-25(17-8-4-2-5-9-17)30(27,28)18-14-12-16(13-15-18)21(26)24-22-23-19-10-6-3-7-11-20(19)29-22/h2,4-5,8-9,12-15H,3,6-7,10-11H2,1H3,(H,23,24,26). The number of hydrogen-bond donors (Lipinski definition) is 1. The van der Waals surface area contributed by atoms with Crippen LogP contribution in [0.5, 0.6) is 0 Å². The highest BCUT2D eigenvalue weighted by atomic mass is 32.2. The summed E-state index contributed by atoms with van der Waals surface area (Å²) in [7, 11) is -2.20. The van der Waals surface area contributed by atoms with Crippen molar-refractivity contribution < 1.29 is 13.2 Å². The molecule has 1 amide bonds. The number of aromatic nitrogens is 1. The van der Waals surface area contributed by atoms with Crippen LogP contribution in [-0.4, -0.2) is 26.4 Å². The normalized spacial score (nSPS) is 13.9. The van der Waals surface area contributed by atoms with E-state index >= 15 is 0 Å². The summed E-state index contributed by atoms with van der Waals surface area (Å²) in [6, 6.07) is 14.8. The van der Waals surface area contributed by atoms with Crippen LogP contribution in [0.4, 0.5) is 10.8 Å². The maximum absolute atomic E-state index is 12.9. The Morgan fingerprint density at radius 1 is 1.00 bits per heavy atom. The van der Waals surface area contributed by atoms with Crippen LogP contribution in [0.25, 0.3) is 0 Å². The van der Waals surface area contributed by atoms with Crippen molar-refractivity contribution in [2.24, 2.45) is 0 Å². The largest absolute Gasteiger partial charge is 0.298 e. The van der Waals surface area contributed by atoms with Gasteiger partial charge in [0.15, 0.2) is 5.13 Å². The molecule has 3 aromatic rings. The number of nitrogens with one attached hydrogen (secondary N) is 1. The van der Waals surface area contributed by atoms with E-state index in [0.29, 0.717) is 16.4 Å². The number of para-hydroxylation sites is 1. The minimum Gasteiger partial charge on any atom is -0.298 e. The van der Waals surface area contributed by atoms with Crippen LogP contribution in [0, 0.1) is 0 Å². The number of carbonyl (C=O) groups is 1. The lowest BCUT2D eigenvalue weighted by atomic mass is 10.2. The van der Waals surface area contributed by atoms with E-state index in [2.05, 4.69) is 10.3 Å².